The van der Waals surface area contributed by atoms with Crippen LogP contribution in [-0.2, 0) is 9.53 Å². The molecule has 2 aromatic heterocycles. The summed E-state index contributed by atoms with van der Waals surface area (Å²) in [5, 5.41) is 8.75. The Morgan fingerprint density at radius 2 is 1.94 bits per heavy atom. The van der Waals surface area contributed by atoms with Gasteiger partial charge in [0.15, 0.2) is 5.65 Å². The van der Waals surface area contributed by atoms with Gasteiger partial charge in [0.2, 0.25) is 5.91 Å². The van der Waals surface area contributed by atoms with Crippen LogP contribution in [0, 0.1) is 13.8 Å². The Balaban J connectivity index is 1.47. The first-order valence-corrected chi connectivity index (χ1v) is 11.4. The van der Waals surface area contributed by atoms with Crippen LogP contribution in [0.15, 0.2) is 60.0 Å². The standard InChI is InChI=1S/C24H23N5O3S/c1-4-32-24(31)17-6-5-7-18(11-17)28-21(30)13-33-23-20-12-27-29(22(20)25-14-26-23)19-9-8-15(2)16(3)10-19/h5-12,14H,4,13H2,1-3H3,(H,28,30). The largest absolute Gasteiger partial charge is 0.462 e. The van der Waals surface area contributed by atoms with E-state index in [-0.39, 0.29) is 11.7 Å². The molecule has 0 spiro atoms. The van der Waals surface area contributed by atoms with Gasteiger partial charge in [-0.25, -0.2) is 19.4 Å². The van der Waals surface area contributed by atoms with E-state index in [2.05, 4.69) is 46.4 Å². The normalized spacial score (nSPS) is 10.9. The van der Waals surface area contributed by atoms with Crippen molar-refractivity contribution in [1.82, 2.24) is 19.7 Å². The molecule has 0 atom stereocenters. The van der Waals surface area contributed by atoms with Crippen molar-refractivity contribution in [3.05, 3.63) is 71.7 Å². The highest BCUT2D eigenvalue weighted by Gasteiger charge is 2.14. The van der Waals surface area contributed by atoms with E-state index in [0.29, 0.717) is 28.5 Å². The van der Waals surface area contributed by atoms with Crippen molar-refractivity contribution in [3.63, 3.8) is 0 Å². The SMILES string of the molecule is CCOC(=O)c1cccc(NC(=O)CSc2ncnc3c2cnn3-c2ccc(C)c(C)c2)c1. The van der Waals surface area contributed by atoms with Gasteiger partial charge >= 0.3 is 5.97 Å². The summed E-state index contributed by atoms with van der Waals surface area (Å²) in [5.41, 5.74) is 4.89. The summed E-state index contributed by atoms with van der Waals surface area (Å²) >= 11 is 1.30. The van der Waals surface area contributed by atoms with E-state index in [4.69, 9.17) is 4.74 Å². The number of nitrogens with zero attached hydrogens (tertiary/aromatic N) is 4. The van der Waals surface area contributed by atoms with Crippen LogP contribution in [0.1, 0.15) is 28.4 Å². The van der Waals surface area contributed by atoms with Crippen molar-refractivity contribution in [2.24, 2.45) is 0 Å². The molecule has 0 unspecified atom stereocenters. The molecular weight excluding hydrogens is 438 g/mol. The van der Waals surface area contributed by atoms with Crippen LogP contribution < -0.4 is 5.32 Å². The third-order valence-corrected chi connectivity index (χ3v) is 6.07. The number of aryl methyl sites for hydroxylation is 2. The number of ether oxygens (including phenoxy) is 1. The van der Waals surface area contributed by atoms with Gasteiger partial charge in [0, 0.05) is 5.69 Å². The summed E-state index contributed by atoms with van der Waals surface area (Å²) in [7, 11) is 0. The van der Waals surface area contributed by atoms with Gasteiger partial charge in [-0.15, -0.1) is 0 Å². The van der Waals surface area contributed by atoms with Crippen LogP contribution in [0.2, 0.25) is 0 Å². The lowest BCUT2D eigenvalue weighted by Crippen LogP contribution is -2.15. The number of carbonyl (C=O) groups excluding carboxylic acids is 2. The third kappa shape index (κ3) is 5.04. The zero-order chi connectivity index (χ0) is 23.4. The van der Waals surface area contributed by atoms with E-state index in [1.165, 1.54) is 29.2 Å². The van der Waals surface area contributed by atoms with Gasteiger partial charge in [0.05, 0.1) is 35.2 Å². The molecule has 0 saturated carbocycles. The first kappa shape index (κ1) is 22.5. The molecule has 4 aromatic rings. The Morgan fingerprint density at radius 1 is 1.09 bits per heavy atom. The summed E-state index contributed by atoms with van der Waals surface area (Å²) in [6, 6.07) is 12.8. The van der Waals surface area contributed by atoms with Crippen LogP contribution >= 0.6 is 11.8 Å². The first-order chi connectivity index (χ1) is 16.0. The molecule has 2 heterocycles. The van der Waals surface area contributed by atoms with Crippen molar-refractivity contribution < 1.29 is 14.3 Å². The number of thioether (sulfide) groups is 1. The summed E-state index contributed by atoms with van der Waals surface area (Å²) in [6.07, 6.45) is 3.19. The van der Waals surface area contributed by atoms with Crippen LogP contribution in [0.4, 0.5) is 5.69 Å². The predicted octanol–water partition coefficient (Wildman–Crippen LogP) is 4.34. The van der Waals surface area contributed by atoms with Gasteiger partial charge in [-0.1, -0.05) is 23.9 Å². The Labute approximate surface area is 195 Å². The zero-order valence-electron chi connectivity index (χ0n) is 18.5. The molecule has 2 aromatic carbocycles. The number of hydrogen-bond acceptors (Lipinski definition) is 7. The second-order valence-corrected chi connectivity index (χ2v) is 8.34. The Kier molecular flexibility index (Phi) is 6.69. The predicted molar refractivity (Wildman–Crippen MR) is 128 cm³/mol. The van der Waals surface area contributed by atoms with E-state index in [1.54, 1.807) is 42.1 Å². The minimum absolute atomic E-state index is 0.143. The molecule has 33 heavy (non-hydrogen) atoms. The fourth-order valence-electron chi connectivity index (χ4n) is 3.25. The second kappa shape index (κ2) is 9.83. The molecule has 0 bridgehead atoms. The number of amides is 1. The highest BCUT2D eigenvalue weighted by atomic mass is 32.2. The molecule has 0 fully saturated rings. The van der Waals surface area contributed by atoms with Crippen LogP contribution in [0.3, 0.4) is 0 Å². The molecule has 0 radical (unpaired) electrons. The van der Waals surface area contributed by atoms with Gasteiger partial charge in [0.25, 0.3) is 0 Å². The first-order valence-electron chi connectivity index (χ1n) is 10.4. The quantitative estimate of drug-likeness (QED) is 0.248. The zero-order valence-corrected chi connectivity index (χ0v) is 19.3. The van der Waals surface area contributed by atoms with Gasteiger partial charge in [0.1, 0.15) is 11.4 Å². The van der Waals surface area contributed by atoms with E-state index >= 15 is 0 Å². The van der Waals surface area contributed by atoms with Crippen molar-refractivity contribution in [2.75, 3.05) is 17.7 Å². The summed E-state index contributed by atoms with van der Waals surface area (Å²) in [6.45, 7) is 6.16. The average Bonchev–Trinajstić information content (AvgIpc) is 3.25. The maximum absolute atomic E-state index is 12.5. The smallest absolute Gasteiger partial charge is 0.338 e. The van der Waals surface area contributed by atoms with E-state index in [1.807, 2.05) is 6.07 Å². The van der Waals surface area contributed by atoms with Crippen LogP contribution in [-0.4, -0.2) is 44.0 Å². The number of carbonyl (C=O) groups is 2. The Bertz CT molecular complexity index is 1330. The molecule has 0 aliphatic carbocycles. The third-order valence-electron chi connectivity index (χ3n) is 5.06. The molecule has 8 nitrogen and oxygen atoms in total. The van der Waals surface area contributed by atoms with Crippen molar-refractivity contribution >= 4 is 40.4 Å². The number of esters is 1. The van der Waals surface area contributed by atoms with Gasteiger partial charge in [-0.3, -0.25) is 4.79 Å². The average molecular weight is 462 g/mol. The summed E-state index contributed by atoms with van der Waals surface area (Å²) in [5.74, 6) is -0.494. The Morgan fingerprint density at radius 3 is 2.73 bits per heavy atom. The van der Waals surface area contributed by atoms with Crippen LogP contribution in [0.25, 0.3) is 16.7 Å². The van der Waals surface area contributed by atoms with E-state index < -0.39 is 5.97 Å². The van der Waals surface area contributed by atoms with Crippen molar-refractivity contribution in [3.8, 4) is 5.69 Å². The Hall–Kier alpha value is -3.72. The van der Waals surface area contributed by atoms with Gasteiger partial charge in [-0.05, 0) is 62.2 Å². The molecule has 0 saturated heterocycles. The number of aromatic nitrogens is 4. The number of nitrogens with one attached hydrogen (secondary N) is 1. The number of anilines is 1. The highest BCUT2D eigenvalue weighted by Crippen LogP contribution is 2.26. The van der Waals surface area contributed by atoms with Crippen LogP contribution in [0.5, 0.6) is 0 Å². The van der Waals surface area contributed by atoms with Crippen molar-refractivity contribution in [1.29, 1.82) is 0 Å². The van der Waals surface area contributed by atoms with Gasteiger partial charge < -0.3 is 10.1 Å². The highest BCUT2D eigenvalue weighted by molar-refractivity contribution is 8.00. The number of fused-ring (bicyclic) bond motifs is 1. The van der Waals surface area contributed by atoms with Gasteiger partial charge in [-0.2, -0.15) is 5.10 Å². The van der Waals surface area contributed by atoms with Crippen molar-refractivity contribution in [2.45, 2.75) is 25.8 Å². The second-order valence-electron chi connectivity index (χ2n) is 7.38. The molecule has 9 heteroatoms. The van der Waals surface area contributed by atoms with E-state index in [0.717, 1.165) is 11.1 Å². The maximum atomic E-state index is 12.5. The topological polar surface area (TPSA) is 99.0 Å². The number of hydrogen-bond donors (Lipinski definition) is 1. The lowest BCUT2D eigenvalue weighted by atomic mass is 10.1. The molecule has 168 valence electrons. The lowest BCUT2D eigenvalue weighted by molar-refractivity contribution is -0.113. The summed E-state index contributed by atoms with van der Waals surface area (Å²) in [4.78, 5) is 33.1. The molecule has 1 amide bonds. The maximum Gasteiger partial charge on any atom is 0.338 e. The number of rotatable bonds is 7. The minimum atomic E-state index is -0.424. The van der Waals surface area contributed by atoms with E-state index in [9.17, 15) is 9.59 Å². The molecule has 1 N–H and O–H groups in total. The molecule has 4 rings (SSSR count). The lowest BCUT2D eigenvalue weighted by Gasteiger charge is -2.08. The number of benzene rings is 2. The molecule has 0 aliphatic rings. The summed E-state index contributed by atoms with van der Waals surface area (Å²) < 4.78 is 6.77. The monoisotopic (exact) mass is 461 g/mol. The molecule has 0 aliphatic heterocycles. The fourth-order valence-corrected chi connectivity index (χ4v) is 4.01. The fraction of sp³-hybridized carbons (Fsp3) is 0.208. The minimum Gasteiger partial charge on any atom is -0.462 e. The molecular formula is C24H23N5O3S.